The summed E-state index contributed by atoms with van der Waals surface area (Å²) in [6.45, 7) is 2.16. The summed E-state index contributed by atoms with van der Waals surface area (Å²) in [7, 11) is 1.61. The molecule has 2 amide bonds. The molecule has 0 aliphatic rings. The van der Waals surface area contributed by atoms with Crippen LogP contribution in [0.25, 0.3) is 0 Å². The molecule has 6 nitrogen and oxygen atoms in total. The molecule has 0 radical (unpaired) electrons. The molecule has 0 aromatic carbocycles. The van der Waals surface area contributed by atoms with E-state index in [4.69, 9.17) is 4.42 Å². The first-order valence-corrected chi connectivity index (χ1v) is 7.18. The van der Waals surface area contributed by atoms with E-state index in [0.717, 1.165) is 11.3 Å². The second kappa shape index (κ2) is 6.45. The number of urea groups is 1. The van der Waals surface area contributed by atoms with Gasteiger partial charge in [-0.2, -0.15) is 0 Å². The molecule has 0 bridgehead atoms. The molecule has 1 unspecified atom stereocenters. The molecule has 7 heteroatoms. The smallest absolute Gasteiger partial charge is 0.331 e. The number of hydrogen-bond donors (Lipinski definition) is 2. The molecular formula is C14H16N2O4S. The van der Waals surface area contributed by atoms with Crippen molar-refractivity contribution in [3.05, 3.63) is 46.0 Å². The fourth-order valence-corrected chi connectivity index (χ4v) is 2.61. The van der Waals surface area contributed by atoms with Crippen LogP contribution in [0.3, 0.4) is 0 Å². The van der Waals surface area contributed by atoms with Crippen molar-refractivity contribution in [2.45, 2.75) is 19.5 Å². The number of furan rings is 1. The Labute approximate surface area is 126 Å². The van der Waals surface area contributed by atoms with Crippen LogP contribution < -0.4 is 5.32 Å². The minimum absolute atomic E-state index is 0.352. The molecule has 2 aromatic heterocycles. The predicted octanol–water partition coefficient (Wildman–Crippen LogP) is 2.62. The van der Waals surface area contributed by atoms with E-state index < -0.39 is 18.0 Å². The van der Waals surface area contributed by atoms with Gasteiger partial charge >= 0.3 is 12.0 Å². The third-order valence-electron chi connectivity index (χ3n) is 3.06. The fourth-order valence-electron chi connectivity index (χ4n) is 1.85. The zero-order chi connectivity index (χ0) is 15.4. The Balaban J connectivity index is 2.02. The lowest BCUT2D eigenvalue weighted by Gasteiger charge is -2.20. The van der Waals surface area contributed by atoms with E-state index in [9.17, 15) is 14.7 Å². The number of carboxylic acids is 1. The summed E-state index contributed by atoms with van der Waals surface area (Å²) in [6, 6.07) is 3.74. The number of thiophene rings is 1. The lowest BCUT2D eigenvalue weighted by molar-refractivity contribution is -0.139. The summed E-state index contributed by atoms with van der Waals surface area (Å²) in [4.78, 5) is 25.4. The Bertz CT molecular complexity index is 621. The number of carbonyl (C=O) groups excluding carboxylic acids is 1. The van der Waals surface area contributed by atoms with Gasteiger partial charge in [-0.1, -0.05) is 6.07 Å². The summed E-state index contributed by atoms with van der Waals surface area (Å²) in [6.07, 6.45) is 1.56. The van der Waals surface area contributed by atoms with E-state index >= 15 is 0 Å². The number of carbonyl (C=O) groups is 2. The predicted molar refractivity (Wildman–Crippen MR) is 78.1 cm³/mol. The standard InChI is InChI=1S/C14H16N2O4S/c1-9-10(5-6-20-9)8-16(2)14(19)15-12(13(17)18)11-4-3-7-21-11/h3-7,12H,8H2,1-2H3,(H,15,19)(H,17,18). The first-order valence-electron chi connectivity index (χ1n) is 6.30. The average molecular weight is 308 g/mol. The van der Waals surface area contributed by atoms with Crippen LogP contribution in [-0.2, 0) is 11.3 Å². The van der Waals surface area contributed by atoms with Crippen LogP contribution in [0, 0.1) is 6.92 Å². The van der Waals surface area contributed by atoms with Crippen molar-refractivity contribution in [3.63, 3.8) is 0 Å². The maximum atomic E-state index is 12.1. The van der Waals surface area contributed by atoms with Gasteiger partial charge in [0.2, 0.25) is 0 Å². The Kier molecular flexibility index (Phi) is 4.64. The summed E-state index contributed by atoms with van der Waals surface area (Å²) in [5.74, 6) is -0.346. The lowest BCUT2D eigenvalue weighted by atomic mass is 10.2. The summed E-state index contributed by atoms with van der Waals surface area (Å²) >= 11 is 1.29. The van der Waals surface area contributed by atoms with Crippen molar-refractivity contribution in [1.29, 1.82) is 0 Å². The van der Waals surface area contributed by atoms with Gasteiger partial charge in [0.15, 0.2) is 6.04 Å². The molecule has 112 valence electrons. The highest BCUT2D eigenvalue weighted by Gasteiger charge is 2.24. The molecule has 2 aromatic rings. The number of aryl methyl sites for hydroxylation is 1. The van der Waals surface area contributed by atoms with Crippen LogP contribution in [-0.4, -0.2) is 29.1 Å². The van der Waals surface area contributed by atoms with E-state index in [-0.39, 0.29) is 0 Å². The topological polar surface area (TPSA) is 82.8 Å². The monoisotopic (exact) mass is 308 g/mol. The fraction of sp³-hybridized carbons (Fsp3) is 0.286. The summed E-state index contributed by atoms with van der Waals surface area (Å²) < 4.78 is 5.17. The minimum atomic E-state index is -1.08. The van der Waals surface area contributed by atoms with Gasteiger partial charge in [0.1, 0.15) is 5.76 Å². The van der Waals surface area contributed by atoms with Gasteiger partial charge < -0.3 is 19.7 Å². The van der Waals surface area contributed by atoms with E-state index in [1.165, 1.54) is 16.2 Å². The van der Waals surface area contributed by atoms with Crippen molar-refractivity contribution in [1.82, 2.24) is 10.2 Å². The molecule has 0 saturated heterocycles. The number of nitrogens with one attached hydrogen (secondary N) is 1. The zero-order valence-corrected chi connectivity index (χ0v) is 12.5. The van der Waals surface area contributed by atoms with Crippen LogP contribution in [0.5, 0.6) is 0 Å². The largest absolute Gasteiger partial charge is 0.479 e. The van der Waals surface area contributed by atoms with Gasteiger partial charge in [0, 0.05) is 17.5 Å². The molecule has 0 saturated carbocycles. The number of rotatable bonds is 5. The Morgan fingerprint density at radius 2 is 2.24 bits per heavy atom. The van der Waals surface area contributed by atoms with Gasteiger partial charge in [-0.15, -0.1) is 11.3 Å². The first kappa shape index (κ1) is 15.1. The third-order valence-corrected chi connectivity index (χ3v) is 4.00. The van der Waals surface area contributed by atoms with Gasteiger partial charge in [-0.05, 0) is 24.4 Å². The zero-order valence-electron chi connectivity index (χ0n) is 11.7. The number of nitrogens with zero attached hydrogens (tertiary/aromatic N) is 1. The van der Waals surface area contributed by atoms with Gasteiger partial charge in [-0.3, -0.25) is 0 Å². The highest BCUT2D eigenvalue weighted by molar-refractivity contribution is 7.10. The highest BCUT2D eigenvalue weighted by atomic mass is 32.1. The number of hydrogen-bond acceptors (Lipinski definition) is 4. The molecule has 2 rings (SSSR count). The van der Waals surface area contributed by atoms with Crippen molar-refractivity contribution in [3.8, 4) is 0 Å². The van der Waals surface area contributed by atoms with Crippen molar-refractivity contribution in [2.24, 2.45) is 0 Å². The van der Waals surface area contributed by atoms with Gasteiger partial charge in [0.05, 0.1) is 12.8 Å². The maximum absolute atomic E-state index is 12.1. The number of aliphatic carboxylic acids is 1. The second-order valence-electron chi connectivity index (χ2n) is 4.59. The van der Waals surface area contributed by atoms with Crippen LogP contribution in [0.4, 0.5) is 4.79 Å². The van der Waals surface area contributed by atoms with E-state index in [1.807, 2.05) is 6.92 Å². The molecule has 0 aliphatic heterocycles. The average Bonchev–Trinajstić information content (AvgIpc) is 3.08. The quantitative estimate of drug-likeness (QED) is 0.889. The van der Waals surface area contributed by atoms with Crippen molar-refractivity contribution in [2.75, 3.05) is 7.05 Å². The normalized spacial score (nSPS) is 11.9. The summed E-state index contributed by atoms with van der Waals surface area (Å²) in [5, 5.41) is 13.5. The van der Waals surface area contributed by atoms with Crippen LogP contribution in [0.1, 0.15) is 22.2 Å². The van der Waals surface area contributed by atoms with Crippen molar-refractivity contribution >= 4 is 23.3 Å². The van der Waals surface area contributed by atoms with Crippen molar-refractivity contribution < 1.29 is 19.1 Å². The lowest BCUT2D eigenvalue weighted by Crippen LogP contribution is -2.41. The van der Waals surface area contributed by atoms with Crippen LogP contribution in [0.2, 0.25) is 0 Å². The molecule has 2 N–H and O–H groups in total. The van der Waals surface area contributed by atoms with E-state index in [2.05, 4.69) is 5.32 Å². The SMILES string of the molecule is Cc1occc1CN(C)C(=O)NC(C(=O)O)c1cccs1. The van der Waals surface area contributed by atoms with E-state index in [0.29, 0.717) is 11.4 Å². The van der Waals surface area contributed by atoms with E-state index in [1.54, 1.807) is 36.9 Å². The molecule has 1 atom stereocenters. The molecule has 0 fully saturated rings. The first-order chi connectivity index (χ1) is 9.99. The molecule has 2 heterocycles. The number of amides is 2. The Morgan fingerprint density at radius 1 is 1.48 bits per heavy atom. The maximum Gasteiger partial charge on any atom is 0.331 e. The number of carboxylic acid groups (broad SMARTS) is 1. The third kappa shape index (κ3) is 3.63. The Morgan fingerprint density at radius 3 is 2.76 bits per heavy atom. The summed E-state index contributed by atoms with van der Waals surface area (Å²) in [5.41, 5.74) is 0.885. The molecule has 0 spiro atoms. The van der Waals surface area contributed by atoms with Crippen LogP contribution in [0.15, 0.2) is 34.3 Å². The Hall–Kier alpha value is -2.28. The second-order valence-corrected chi connectivity index (χ2v) is 5.57. The highest BCUT2D eigenvalue weighted by Crippen LogP contribution is 2.19. The molecule has 21 heavy (non-hydrogen) atoms. The molecular weight excluding hydrogens is 292 g/mol. The minimum Gasteiger partial charge on any atom is -0.479 e. The van der Waals surface area contributed by atoms with Crippen LogP contribution >= 0.6 is 11.3 Å². The molecule has 0 aliphatic carbocycles. The van der Waals surface area contributed by atoms with Gasteiger partial charge in [-0.25, -0.2) is 9.59 Å². The van der Waals surface area contributed by atoms with Gasteiger partial charge in [0.25, 0.3) is 0 Å².